The van der Waals surface area contributed by atoms with Crippen molar-refractivity contribution < 1.29 is 9.53 Å². The summed E-state index contributed by atoms with van der Waals surface area (Å²) in [5.41, 5.74) is 5.68. The van der Waals surface area contributed by atoms with Crippen molar-refractivity contribution in [2.24, 2.45) is 0 Å². The lowest BCUT2D eigenvalue weighted by atomic mass is 10.1. The molecule has 1 heterocycles. The van der Waals surface area contributed by atoms with Gasteiger partial charge < -0.3 is 9.30 Å². The number of nitrogens with zero attached hydrogens (tertiary/aromatic N) is 2. The maximum atomic E-state index is 12.4. The van der Waals surface area contributed by atoms with Crippen molar-refractivity contribution in [1.29, 1.82) is 0 Å². The van der Waals surface area contributed by atoms with E-state index in [4.69, 9.17) is 9.72 Å². The molecule has 0 N–H and O–H groups in total. The van der Waals surface area contributed by atoms with Gasteiger partial charge in [0.15, 0.2) is 5.16 Å². The number of thioether (sulfide) groups is 1. The highest BCUT2D eigenvalue weighted by Crippen LogP contribution is 2.26. The number of fused-ring (bicyclic) bond motifs is 1. The van der Waals surface area contributed by atoms with Crippen LogP contribution in [0.5, 0.6) is 5.75 Å². The first kappa shape index (κ1) is 20.2. The molecule has 0 aliphatic rings. The molecule has 0 spiro atoms. The predicted octanol–water partition coefficient (Wildman–Crippen LogP) is 5.65. The van der Waals surface area contributed by atoms with Gasteiger partial charge in [-0.05, 0) is 54.3 Å². The first-order valence-electron chi connectivity index (χ1n) is 10.1. The number of esters is 1. The predicted molar refractivity (Wildman–Crippen MR) is 122 cm³/mol. The number of aromatic nitrogens is 2. The maximum absolute atomic E-state index is 12.4. The number of para-hydroxylation sites is 2. The number of carbonyl (C=O) groups excluding carboxylic acids is 1. The van der Waals surface area contributed by atoms with Crippen LogP contribution >= 0.6 is 11.8 Å². The van der Waals surface area contributed by atoms with Crippen LogP contribution in [0.3, 0.4) is 0 Å². The minimum absolute atomic E-state index is 0.201. The van der Waals surface area contributed by atoms with Crippen molar-refractivity contribution >= 4 is 28.8 Å². The van der Waals surface area contributed by atoms with Crippen LogP contribution in [-0.4, -0.2) is 21.3 Å². The van der Waals surface area contributed by atoms with Crippen molar-refractivity contribution in [1.82, 2.24) is 9.55 Å². The van der Waals surface area contributed by atoms with Crippen LogP contribution in [0.2, 0.25) is 0 Å². The monoisotopic (exact) mass is 416 g/mol. The molecule has 3 aromatic carbocycles. The Labute approximate surface area is 180 Å². The molecule has 0 atom stereocenters. The van der Waals surface area contributed by atoms with Crippen LogP contribution < -0.4 is 4.74 Å². The molecular weight excluding hydrogens is 392 g/mol. The molecule has 30 heavy (non-hydrogen) atoms. The number of ether oxygens (including phenoxy) is 1. The Morgan fingerprint density at radius 1 is 1.00 bits per heavy atom. The van der Waals surface area contributed by atoms with Crippen LogP contribution in [0.4, 0.5) is 0 Å². The SMILES string of the molecule is CCc1ccc(OC(=O)CSc2nc3ccccc3n2Cc2ccccc2C)cc1. The average Bonchev–Trinajstić information content (AvgIpc) is 3.12. The third-order valence-electron chi connectivity index (χ3n) is 5.09. The molecule has 0 aliphatic carbocycles. The van der Waals surface area contributed by atoms with Crippen molar-refractivity contribution in [2.75, 3.05) is 5.75 Å². The molecule has 0 fully saturated rings. The van der Waals surface area contributed by atoms with E-state index >= 15 is 0 Å². The number of carbonyl (C=O) groups is 1. The lowest BCUT2D eigenvalue weighted by Gasteiger charge is -2.11. The summed E-state index contributed by atoms with van der Waals surface area (Å²) in [5, 5.41) is 0.817. The zero-order valence-electron chi connectivity index (χ0n) is 17.2. The lowest BCUT2D eigenvalue weighted by Crippen LogP contribution is -2.12. The largest absolute Gasteiger partial charge is 0.426 e. The summed E-state index contributed by atoms with van der Waals surface area (Å²) in [5.74, 6) is 0.497. The standard InChI is InChI=1S/C25H24N2O2S/c1-3-19-12-14-21(15-13-19)29-24(28)17-30-25-26-22-10-6-7-11-23(22)27(25)16-20-9-5-4-8-18(20)2/h4-15H,3,16-17H2,1-2H3. The number of hydrogen-bond donors (Lipinski definition) is 0. The summed E-state index contributed by atoms with van der Waals surface area (Å²) in [6, 6.07) is 24.1. The van der Waals surface area contributed by atoms with E-state index in [2.05, 4.69) is 42.7 Å². The van der Waals surface area contributed by atoms with Gasteiger partial charge in [-0.15, -0.1) is 0 Å². The molecule has 0 amide bonds. The molecule has 152 valence electrons. The summed E-state index contributed by atoms with van der Waals surface area (Å²) < 4.78 is 7.66. The third-order valence-corrected chi connectivity index (χ3v) is 6.04. The molecule has 0 saturated heterocycles. The molecule has 0 saturated carbocycles. The van der Waals surface area contributed by atoms with E-state index in [1.165, 1.54) is 28.5 Å². The number of rotatable bonds is 7. The van der Waals surface area contributed by atoms with Gasteiger partial charge in [0.05, 0.1) is 23.3 Å². The summed E-state index contributed by atoms with van der Waals surface area (Å²) in [6.45, 7) is 4.92. The van der Waals surface area contributed by atoms with E-state index in [1.54, 1.807) is 0 Å². The Morgan fingerprint density at radius 3 is 2.50 bits per heavy atom. The van der Waals surface area contributed by atoms with Gasteiger partial charge in [0.1, 0.15) is 5.75 Å². The lowest BCUT2D eigenvalue weighted by molar-refractivity contribution is -0.131. The van der Waals surface area contributed by atoms with Crippen molar-refractivity contribution in [2.45, 2.75) is 32.0 Å². The minimum Gasteiger partial charge on any atom is -0.426 e. The van der Waals surface area contributed by atoms with E-state index in [-0.39, 0.29) is 11.7 Å². The molecule has 4 nitrogen and oxygen atoms in total. The van der Waals surface area contributed by atoms with Gasteiger partial charge in [-0.25, -0.2) is 4.98 Å². The van der Waals surface area contributed by atoms with Crippen molar-refractivity contribution in [3.05, 3.63) is 89.5 Å². The van der Waals surface area contributed by atoms with Gasteiger partial charge in [0.25, 0.3) is 0 Å². The fraction of sp³-hybridized carbons (Fsp3) is 0.200. The van der Waals surface area contributed by atoms with E-state index in [0.717, 1.165) is 22.6 Å². The highest BCUT2D eigenvalue weighted by molar-refractivity contribution is 7.99. The minimum atomic E-state index is -0.279. The van der Waals surface area contributed by atoms with Gasteiger partial charge in [-0.3, -0.25) is 4.79 Å². The Bertz CT molecular complexity index is 1170. The van der Waals surface area contributed by atoms with Crippen LogP contribution in [0.15, 0.2) is 78.0 Å². The summed E-state index contributed by atoms with van der Waals surface area (Å²) in [4.78, 5) is 17.2. The number of imidazole rings is 1. The summed E-state index contributed by atoms with van der Waals surface area (Å²) in [7, 11) is 0. The van der Waals surface area contributed by atoms with E-state index < -0.39 is 0 Å². The van der Waals surface area contributed by atoms with Crippen LogP contribution in [0.1, 0.15) is 23.6 Å². The Morgan fingerprint density at radius 2 is 1.73 bits per heavy atom. The zero-order chi connectivity index (χ0) is 20.9. The topological polar surface area (TPSA) is 44.1 Å². The molecular formula is C25H24N2O2S. The molecule has 4 aromatic rings. The number of hydrogen-bond acceptors (Lipinski definition) is 4. The van der Waals surface area contributed by atoms with Crippen LogP contribution in [0.25, 0.3) is 11.0 Å². The second-order valence-corrected chi connectivity index (χ2v) is 8.10. The van der Waals surface area contributed by atoms with Crippen molar-refractivity contribution in [3.8, 4) is 5.75 Å². The number of benzene rings is 3. The second kappa shape index (κ2) is 9.18. The molecule has 0 aliphatic heterocycles. The first-order valence-corrected chi connectivity index (χ1v) is 11.0. The zero-order valence-corrected chi connectivity index (χ0v) is 18.0. The van der Waals surface area contributed by atoms with Gasteiger partial charge in [-0.1, -0.05) is 67.2 Å². The molecule has 1 aromatic heterocycles. The highest BCUT2D eigenvalue weighted by atomic mass is 32.2. The fourth-order valence-electron chi connectivity index (χ4n) is 3.35. The van der Waals surface area contributed by atoms with Gasteiger partial charge in [-0.2, -0.15) is 0 Å². The molecule has 5 heteroatoms. The smallest absolute Gasteiger partial charge is 0.321 e. The average molecular weight is 417 g/mol. The van der Waals surface area contributed by atoms with E-state index in [9.17, 15) is 4.79 Å². The van der Waals surface area contributed by atoms with Gasteiger partial charge >= 0.3 is 5.97 Å². The second-order valence-electron chi connectivity index (χ2n) is 7.16. The normalized spacial score (nSPS) is 11.0. The van der Waals surface area contributed by atoms with E-state index in [0.29, 0.717) is 12.3 Å². The summed E-state index contributed by atoms with van der Waals surface area (Å²) >= 11 is 1.41. The van der Waals surface area contributed by atoms with Crippen LogP contribution in [-0.2, 0) is 17.8 Å². The van der Waals surface area contributed by atoms with Crippen LogP contribution in [0, 0.1) is 6.92 Å². The Hall–Kier alpha value is -3.05. The van der Waals surface area contributed by atoms with Gasteiger partial charge in [0.2, 0.25) is 0 Å². The fourth-order valence-corrected chi connectivity index (χ4v) is 4.14. The number of aryl methyl sites for hydroxylation is 2. The maximum Gasteiger partial charge on any atom is 0.321 e. The van der Waals surface area contributed by atoms with Gasteiger partial charge in [0, 0.05) is 0 Å². The molecule has 4 rings (SSSR count). The highest BCUT2D eigenvalue weighted by Gasteiger charge is 2.15. The van der Waals surface area contributed by atoms with Crippen molar-refractivity contribution in [3.63, 3.8) is 0 Å². The van der Waals surface area contributed by atoms with E-state index in [1.807, 2.05) is 48.5 Å². The quantitative estimate of drug-likeness (QED) is 0.222. The molecule has 0 bridgehead atoms. The molecule has 0 unspecified atom stereocenters. The Kier molecular flexibility index (Phi) is 6.19. The third kappa shape index (κ3) is 4.57. The summed E-state index contributed by atoms with van der Waals surface area (Å²) in [6.07, 6.45) is 0.960. The first-order chi connectivity index (χ1) is 14.6. The Balaban J connectivity index is 1.51. The molecule has 0 radical (unpaired) electrons.